The summed E-state index contributed by atoms with van der Waals surface area (Å²) < 4.78 is 26.6. The molecule has 0 fully saturated rings. The van der Waals surface area contributed by atoms with E-state index in [-0.39, 0.29) is 16.8 Å². The smallest absolute Gasteiger partial charge is 0.270 e. The molecule has 2 N–H and O–H groups in total. The standard InChI is InChI=1S/C17H15F2N3O4/c1-10(14-6-5-12(18)8-15(14)19)21-16(23)9-20-17(24)11-3-2-4-13(7-11)22(25)26/h2-8,10H,9H2,1H3,(H,20,24)(H,21,23)/t10-/m0/s1. The molecule has 0 aliphatic carbocycles. The van der Waals surface area contributed by atoms with Crippen LogP contribution in [0.2, 0.25) is 0 Å². The van der Waals surface area contributed by atoms with Crippen molar-refractivity contribution in [3.63, 3.8) is 0 Å². The minimum absolute atomic E-state index is 0.0321. The molecule has 7 nitrogen and oxygen atoms in total. The van der Waals surface area contributed by atoms with E-state index in [2.05, 4.69) is 10.6 Å². The normalized spacial score (nSPS) is 11.5. The molecule has 2 rings (SSSR count). The summed E-state index contributed by atoms with van der Waals surface area (Å²) in [7, 11) is 0. The van der Waals surface area contributed by atoms with E-state index >= 15 is 0 Å². The molecule has 2 amide bonds. The van der Waals surface area contributed by atoms with Gasteiger partial charge >= 0.3 is 0 Å². The predicted octanol–water partition coefficient (Wildman–Crippen LogP) is 2.48. The Morgan fingerprint density at radius 2 is 1.92 bits per heavy atom. The second-order valence-corrected chi connectivity index (χ2v) is 5.45. The molecule has 0 aromatic heterocycles. The zero-order valence-corrected chi connectivity index (χ0v) is 13.7. The molecule has 0 saturated carbocycles. The minimum Gasteiger partial charge on any atom is -0.348 e. The average molecular weight is 363 g/mol. The first kappa shape index (κ1) is 19.0. The highest BCUT2D eigenvalue weighted by atomic mass is 19.1. The van der Waals surface area contributed by atoms with Crippen molar-refractivity contribution in [2.75, 3.05) is 6.54 Å². The van der Waals surface area contributed by atoms with E-state index in [1.165, 1.54) is 31.2 Å². The van der Waals surface area contributed by atoms with Gasteiger partial charge in [-0.05, 0) is 19.1 Å². The van der Waals surface area contributed by atoms with Crippen LogP contribution in [0.3, 0.4) is 0 Å². The van der Waals surface area contributed by atoms with Gasteiger partial charge in [-0.1, -0.05) is 12.1 Å². The van der Waals surface area contributed by atoms with Crippen LogP contribution < -0.4 is 10.6 Å². The van der Waals surface area contributed by atoms with Crippen LogP contribution in [0.1, 0.15) is 28.9 Å². The SMILES string of the molecule is C[C@H](NC(=O)CNC(=O)c1cccc([N+](=O)[O-])c1)c1ccc(F)cc1F. The van der Waals surface area contributed by atoms with Gasteiger partial charge in [0.15, 0.2) is 0 Å². The van der Waals surface area contributed by atoms with Crippen molar-refractivity contribution in [2.24, 2.45) is 0 Å². The van der Waals surface area contributed by atoms with Crippen LogP contribution in [0.5, 0.6) is 0 Å². The number of hydrogen-bond donors (Lipinski definition) is 2. The summed E-state index contributed by atoms with van der Waals surface area (Å²) in [5, 5.41) is 15.5. The van der Waals surface area contributed by atoms with Gasteiger partial charge in [-0.2, -0.15) is 0 Å². The maximum Gasteiger partial charge on any atom is 0.270 e. The Morgan fingerprint density at radius 3 is 2.58 bits per heavy atom. The Labute approximate surface area is 147 Å². The fourth-order valence-electron chi connectivity index (χ4n) is 2.25. The number of nitro groups is 1. The molecule has 1 atom stereocenters. The Morgan fingerprint density at radius 1 is 1.19 bits per heavy atom. The summed E-state index contributed by atoms with van der Waals surface area (Å²) in [6, 6.07) is 7.32. The first-order valence-corrected chi connectivity index (χ1v) is 7.55. The summed E-state index contributed by atoms with van der Waals surface area (Å²) in [4.78, 5) is 33.9. The topological polar surface area (TPSA) is 101 Å². The molecule has 0 saturated heterocycles. The van der Waals surface area contributed by atoms with Gasteiger partial charge in [0.05, 0.1) is 17.5 Å². The highest BCUT2D eigenvalue weighted by Gasteiger charge is 2.16. The predicted molar refractivity (Wildman–Crippen MR) is 88.3 cm³/mol. The van der Waals surface area contributed by atoms with Crippen LogP contribution in [-0.4, -0.2) is 23.3 Å². The highest BCUT2D eigenvalue weighted by molar-refractivity contribution is 5.96. The lowest BCUT2D eigenvalue weighted by Gasteiger charge is -2.15. The molecular weight excluding hydrogens is 348 g/mol. The van der Waals surface area contributed by atoms with Crippen LogP contribution in [0.25, 0.3) is 0 Å². The Balaban J connectivity index is 1.92. The number of nitrogens with zero attached hydrogens (tertiary/aromatic N) is 1. The van der Waals surface area contributed by atoms with Crippen molar-refractivity contribution in [1.29, 1.82) is 0 Å². The fourth-order valence-corrected chi connectivity index (χ4v) is 2.25. The van der Waals surface area contributed by atoms with Gasteiger partial charge in [-0.15, -0.1) is 0 Å². The van der Waals surface area contributed by atoms with Gasteiger partial charge in [-0.25, -0.2) is 8.78 Å². The number of nitrogens with one attached hydrogen (secondary N) is 2. The molecule has 0 aliphatic rings. The van der Waals surface area contributed by atoms with Crippen LogP contribution in [0, 0.1) is 21.7 Å². The number of carbonyl (C=O) groups is 2. The minimum atomic E-state index is -0.793. The lowest BCUT2D eigenvalue weighted by Crippen LogP contribution is -2.38. The van der Waals surface area contributed by atoms with Crippen molar-refractivity contribution in [2.45, 2.75) is 13.0 Å². The summed E-state index contributed by atoms with van der Waals surface area (Å²) in [5.41, 5.74) is -0.114. The van der Waals surface area contributed by atoms with Crippen molar-refractivity contribution in [3.05, 3.63) is 75.3 Å². The molecule has 26 heavy (non-hydrogen) atoms. The van der Waals surface area contributed by atoms with E-state index in [0.717, 1.165) is 12.1 Å². The second kappa shape index (κ2) is 8.15. The number of rotatable bonds is 6. The number of hydrogen-bond acceptors (Lipinski definition) is 4. The largest absolute Gasteiger partial charge is 0.348 e. The Kier molecular flexibility index (Phi) is 5.94. The molecule has 9 heteroatoms. The molecule has 0 aliphatic heterocycles. The second-order valence-electron chi connectivity index (χ2n) is 5.45. The molecular formula is C17H15F2N3O4. The van der Waals surface area contributed by atoms with Gasteiger partial charge in [0.25, 0.3) is 11.6 Å². The van der Waals surface area contributed by atoms with Gasteiger partial charge in [0.2, 0.25) is 5.91 Å². The van der Waals surface area contributed by atoms with E-state index < -0.39 is 41.0 Å². The summed E-state index contributed by atoms with van der Waals surface area (Å²) in [5.74, 6) is -2.78. The van der Waals surface area contributed by atoms with Gasteiger partial charge < -0.3 is 10.6 Å². The van der Waals surface area contributed by atoms with E-state index in [0.29, 0.717) is 6.07 Å². The number of halogens is 2. The van der Waals surface area contributed by atoms with Gasteiger partial charge in [0.1, 0.15) is 11.6 Å². The highest BCUT2D eigenvalue weighted by Crippen LogP contribution is 2.17. The lowest BCUT2D eigenvalue weighted by molar-refractivity contribution is -0.384. The monoisotopic (exact) mass is 363 g/mol. The molecule has 0 bridgehead atoms. The van der Waals surface area contributed by atoms with Crippen molar-refractivity contribution in [3.8, 4) is 0 Å². The van der Waals surface area contributed by atoms with Crippen molar-refractivity contribution < 1.29 is 23.3 Å². The van der Waals surface area contributed by atoms with Gasteiger partial charge in [0, 0.05) is 29.3 Å². The number of carbonyl (C=O) groups excluding carboxylic acids is 2. The third-order valence-corrected chi connectivity index (χ3v) is 3.54. The first-order chi connectivity index (χ1) is 12.3. The molecule has 0 heterocycles. The molecule has 2 aromatic rings. The quantitative estimate of drug-likeness (QED) is 0.608. The number of benzene rings is 2. The van der Waals surface area contributed by atoms with E-state index in [9.17, 15) is 28.5 Å². The molecule has 136 valence electrons. The number of non-ortho nitro benzene ring substituents is 1. The van der Waals surface area contributed by atoms with E-state index in [4.69, 9.17) is 0 Å². The van der Waals surface area contributed by atoms with Crippen molar-refractivity contribution in [1.82, 2.24) is 10.6 Å². The summed E-state index contributed by atoms with van der Waals surface area (Å²) in [6.07, 6.45) is 0. The number of amides is 2. The Hall–Kier alpha value is -3.36. The lowest BCUT2D eigenvalue weighted by atomic mass is 10.1. The molecule has 0 unspecified atom stereocenters. The zero-order chi connectivity index (χ0) is 19.3. The maximum absolute atomic E-state index is 13.7. The summed E-state index contributed by atoms with van der Waals surface area (Å²) >= 11 is 0. The van der Waals surface area contributed by atoms with Crippen LogP contribution in [0.15, 0.2) is 42.5 Å². The first-order valence-electron chi connectivity index (χ1n) is 7.55. The summed E-state index contributed by atoms with van der Waals surface area (Å²) in [6.45, 7) is 1.10. The van der Waals surface area contributed by atoms with Crippen LogP contribution in [-0.2, 0) is 4.79 Å². The fraction of sp³-hybridized carbons (Fsp3) is 0.176. The zero-order valence-electron chi connectivity index (χ0n) is 13.7. The van der Waals surface area contributed by atoms with Gasteiger partial charge in [-0.3, -0.25) is 19.7 Å². The van der Waals surface area contributed by atoms with E-state index in [1.807, 2.05) is 0 Å². The maximum atomic E-state index is 13.7. The number of nitro benzene ring substituents is 1. The van der Waals surface area contributed by atoms with E-state index in [1.54, 1.807) is 0 Å². The average Bonchev–Trinajstić information content (AvgIpc) is 2.59. The third kappa shape index (κ3) is 4.82. The molecule has 0 spiro atoms. The molecule has 0 radical (unpaired) electrons. The van der Waals surface area contributed by atoms with Crippen LogP contribution >= 0.6 is 0 Å². The molecule has 2 aromatic carbocycles. The third-order valence-electron chi connectivity index (χ3n) is 3.54. The Bertz CT molecular complexity index is 858. The van der Waals surface area contributed by atoms with Crippen molar-refractivity contribution >= 4 is 17.5 Å². The van der Waals surface area contributed by atoms with Crippen LogP contribution in [0.4, 0.5) is 14.5 Å².